The second-order valence-corrected chi connectivity index (χ2v) is 5.96. The Balaban J connectivity index is 1.82. The zero-order valence-electron chi connectivity index (χ0n) is 14.7. The quantitative estimate of drug-likeness (QED) is 0.607. The van der Waals surface area contributed by atoms with Crippen LogP contribution < -0.4 is 11.0 Å². The molecule has 0 atom stereocenters. The minimum atomic E-state index is -0.371. The highest BCUT2D eigenvalue weighted by Gasteiger charge is 2.17. The number of carbonyl (C=O) groups excluding carboxylic acids is 1. The number of hydrogen-bond acceptors (Lipinski definition) is 4. The van der Waals surface area contributed by atoms with Gasteiger partial charge in [-0.15, -0.1) is 0 Å². The van der Waals surface area contributed by atoms with E-state index in [-0.39, 0.29) is 11.5 Å². The Morgan fingerprint density at radius 3 is 2.37 bits per heavy atom. The fourth-order valence-corrected chi connectivity index (χ4v) is 2.88. The Morgan fingerprint density at radius 2 is 1.70 bits per heavy atom. The Kier molecular flexibility index (Phi) is 4.25. The summed E-state index contributed by atoms with van der Waals surface area (Å²) in [6.45, 7) is 1.88. The predicted octanol–water partition coefficient (Wildman–Crippen LogP) is 2.53. The number of para-hydroxylation sites is 1. The van der Waals surface area contributed by atoms with Gasteiger partial charge in [0.2, 0.25) is 0 Å². The van der Waals surface area contributed by atoms with E-state index in [2.05, 4.69) is 15.5 Å². The lowest BCUT2D eigenvalue weighted by Crippen LogP contribution is -2.36. The first-order valence-corrected chi connectivity index (χ1v) is 8.60. The largest absolute Gasteiger partial charge is 0.283 e. The normalized spacial score (nSPS) is 10.9. The number of carbonyl (C=O) groups is 1. The van der Waals surface area contributed by atoms with E-state index in [9.17, 15) is 9.59 Å². The van der Waals surface area contributed by atoms with Gasteiger partial charge in [0.25, 0.3) is 11.5 Å². The summed E-state index contributed by atoms with van der Waals surface area (Å²) < 4.78 is 2.83. The summed E-state index contributed by atoms with van der Waals surface area (Å²) in [5.41, 5.74) is 4.04. The maximum absolute atomic E-state index is 13.0. The number of fused-ring (bicyclic) bond motifs is 1. The van der Waals surface area contributed by atoms with Gasteiger partial charge in [-0.25, -0.2) is 14.3 Å². The predicted molar refractivity (Wildman–Crippen MR) is 103 cm³/mol. The number of rotatable bonds is 4. The number of nitrogens with one attached hydrogen (secondary N) is 1. The molecule has 1 N–H and O–H groups in total. The average Bonchev–Trinajstić information content (AvgIpc) is 3.15. The molecule has 4 rings (SSSR count). The van der Waals surface area contributed by atoms with Gasteiger partial charge in [0.1, 0.15) is 11.2 Å². The molecule has 7 heteroatoms. The lowest BCUT2D eigenvalue weighted by atomic mass is 10.2. The first-order valence-electron chi connectivity index (χ1n) is 8.60. The molecule has 1 amide bonds. The summed E-state index contributed by atoms with van der Waals surface area (Å²) in [4.78, 5) is 30.0. The SMILES string of the molecule is CCc1nc2c(cnn2-c2ccccc2)c(=O)n1NC(=O)c1ccccc1. The van der Waals surface area contributed by atoms with Gasteiger partial charge in [-0.1, -0.05) is 43.3 Å². The zero-order chi connectivity index (χ0) is 18.8. The van der Waals surface area contributed by atoms with E-state index in [4.69, 9.17) is 0 Å². The van der Waals surface area contributed by atoms with Crippen LogP contribution in [0.1, 0.15) is 23.1 Å². The Labute approximate surface area is 154 Å². The third-order valence-electron chi connectivity index (χ3n) is 4.24. The number of aryl methyl sites for hydroxylation is 1. The highest BCUT2D eigenvalue weighted by Crippen LogP contribution is 2.14. The van der Waals surface area contributed by atoms with Crippen LogP contribution in [0.4, 0.5) is 0 Å². The van der Waals surface area contributed by atoms with Crippen molar-refractivity contribution < 1.29 is 4.79 Å². The van der Waals surface area contributed by atoms with Crippen molar-refractivity contribution in [1.29, 1.82) is 0 Å². The lowest BCUT2D eigenvalue weighted by Gasteiger charge is -2.13. The van der Waals surface area contributed by atoms with Crippen molar-refractivity contribution >= 4 is 16.9 Å². The van der Waals surface area contributed by atoms with Gasteiger partial charge in [0.15, 0.2) is 5.65 Å². The van der Waals surface area contributed by atoms with Gasteiger partial charge in [-0.3, -0.25) is 15.0 Å². The molecule has 0 aliphatic carbocycles. The molecule has 2 aromatic carbocycles. The molecule has 0 bridgehead atoms. The van der Waals surface area contributed by atoms with Crippen LogP contribution in [-0.4, -0.2) is 25.3 Å². The third kappa shape index (κ3) is 2.99. The molecule has 0 fully saturated rings. The van der Waals surface area contributed by atoms with Crippen LogP contribution in [0.2, 0.25) is 0 Å². The van der Waals surface area contributed by atoms with Crippen LogP contribution in [0, 0.1) is 0 Å². The minimum absolute atomic E-state index is 0.337. The zero-order valence-corrected chi connectivity index (χ0v) is 14.7. The van der Waals surface area contributed by atoms with E-state index in [0.29, 0.717) is 28.8 Å². The monoisotopic (exact) mass is 359 g/mol. The van der Waals surface area contributed by atoms with Gasteiger partial charge >= 0.3 is 0 Å². The van der Waals surface area contributed by atoms with Crippen molar-refractivity contribution in [2.45, 2.75) is 13.3 Å². The molecule has 7 nitrogen and oxygen atoms in total. The topological polar surface area (TPSA) is 81.8 Å². The van der Waals surface area contributed by atoms with Gasteiger partial charge in [0, 0.05) is 12.0 Å². The fraction of sp³-hybridized carbons (Fsp3) is 0.100. The number of nitrogens with zero attached hydrogens (tertiary/aromatic N) is 4. The van der Waals surface area contributed by atoms with Crippen molar-refractivity contribution in [2.24, 2.45) is 0 Å². The van der Waals surface area contributed by atoms with E-state index in [1.165, 1.54) is 10.9 Å². The lowest BCUT2D eigenvalue weighted by molar-refractivity contribution is 0.101. The average molecular weight is 359 g/mol. The molecule has 27 heavy (non-hydrogen) atoms. The molecule has 0 saturated carbocycles. The smallest absolute Gasteiger partial charge is 0.267 e. The van der Waals surface area contributed by atoms with Crippen molar-refractivity contribution in [1.82, 2.24) is 19.4 Å². The molecule has 2 heterocycles. The molecular formula is C20H17N5O2. The summed E-state index contributed by atoms with van der Waals surface area (Å²) in [6.07, 6.45) is 1.95. The maximum atomic E-state index is 13.0. The second kappa shape index (κ2) is 6.87. The number of amides is 1. The number of benzene rings is 2. The van der Waals surface area contributed by atoms with Gasteiger partial charge in [0.05, 0.1) is 11.9 Å². The van der Waals surface area contributed by atoms with E-state index < -0.39 is 0 Å². The van der Waals surface area contributed by atoms with Gasteiger partial charge in [-0.2, -0.15) is 5.10 Å². The van der Waals surface area contributed by atoms with Crippen LogP contribution in [0.5, 0.6) is 0 Å². The summed E-state index contributed by atoms with van der Waals surface area (Å²) in [5.74, 6) is 0.0819. The molecule has 4 aromatic rings. The first kappa shape index (κ1) is 16.7. The molecule has 0 saturated heterocycles. The molecule has 0 unspecified atom stereocenters. The van der Waals surface area contributed by atoms with Crippen LogP contribution >= 0.6 is 0 Å². The number of hydrogen-bond donors (Lipinski definition) is 1. The van der Waals surface area contributed by atoms with Crippen LogP contribution in [0.3, 0.4) is 0 Å². The van der Waals surface area contributed by atoms with E-state index in [1.54, 1.807) is 28.9 Å². The summed E-state index contributed by atoms with van der Waals surface area (Å²) >= 11 is 0. The van der Waals surface area contributed by atoms with Crippen LogP contribution in [-0.2, 0) is 6.42 Å². The van der Waals surface area contributed by atoms with E-state index in [0.717, 1.165) is 5.69 Å². The van der Waals surface area contributed by atoms with Crippen molar-refractivity contribution in [2.75, 3.05) is 5.43 Å². The Morgan fingerprint density at radius 1 is 1.04 bits per heavy atom. The standard InChI is InChI=1S/C20H17N5O2/c1-2-17-22-18-16(13-21-24(18)15-11-7-4-8-12-15)20(27)25(17)23-19(26)14-9-5-3-6-10-14/h3-13H,2H2,1H3,(H,23,26). The van der Waals surface area contributed by atoms with E-state index in [1.807, 2.05) is 43.3 Å². The molecule has 0 aliphatic rings. The maximum Gasteiger partial charge on any atom is 0.283 e. The summed E-state index contributed by atoms with van der Waals surface area (Å²) in [6, 6.07) is 18.2. The second-order valence-electron chi connectivity index (χ2n) is 5.96. The Bertz CT molecular complexity index is 1160. The Hall–Kier alpha value is -3.74. The molecule has 134 valence electrons. The highest BCUT2D eigenvalue weighted by molar-refractivity contribution is 6.00. The van der Waals surface area contributed by atoms with Gasteiger partial charge < -0.3 is 0 Å². The molecule has 0 radical (unpaired) electrons. The fourth-order valence-electron chi connectivity index (χ4n) is 2.88. The molecule has 0 spiro atoms. The molecule has 0 aliphatic heterocycles. The van der Waals surface area contributed by atoms with Gasteiger partial charge in [-0.05, 0) is 24.3 Å². The van der Waals surface area contributed by atoms with Crippen LogP contribution in [0.15, 0.2) is 71.7 Å². The van der Waals surface area contributed by atoms with Crippen molar-refractivity contribution in [3.8, 4) is 5.69 Å². The van der Waals surface area contributed by atoms with Crippen LogP contribution in [0.25, 0.3) is 16.7 Å². The van der Waals surface area contributed by atoms with E-state index >= 15 is 0 Å². The number of aromatic nitrogens is 4. The third-order valence-corrected chi connectivity index (χ3v) is 4.24. The first-order chi connectivity index (χ1) is 13.2. The molecular weight excluding hydrogens is 342 g/mol. The van der Waals surface area contributed by atoms with Crippen molar-refractivity contribution in [3.05, 3.63) is 88.6 Å². The molecule has 2 aromatic heterocycles. The summed E-state index contributed by atoms with van der Waals surface area (Å²) in [5, 5.41) is 4.65. The highest BCUT2D eigenvalue weighted by atomic mass is 16.2. The van der Waals surface area contributed by atoms with Crippen molar-refractivity contribution in [3.63, 3.8) is 0 Å². The summed E-state index contributed by atoms with van der Waals surface area (Å²) in [7, 11) is 0. The minimum Gasteiger partial charge on any atom is -0.267 e.